The van der Waals surface area contributed by atoms with Gasteiger partial charge in [0.2, 0.25) is 0 Å². The van der Waals surface area contributed by atoms with Gasteiger partial charge < -0.3 is 11.1 Å². The molecule has 0 radical (unpaired) electrons. The number of nitrogens with two attached hydrogens (primary N) is 1. The smallest absolute Gasteiger partial charge is 0.105 e. The van der Waals surface area contributed by atoms with E-state index in [1.165, 1.54) is 0 Å². The Morgan fingerprint density at radius 3 is 2.67 bits per heavy atom. The van der Waals surface area contributed by atoms with Gasteiger partial charge in [-0.2, -0.15) is 0 Å². The van der Waals surface area contributed by atoms with Gasteiger partial charge in [-0.25, -0.2) is 0 Å². The van der Waals surface area contributed by atoms with Gasteiger partial charge in [0.05, 0.1) is 0 Å². The summed E-state index contributed by atoms with van der Waals surface area (Å²) in [5, 5.41) is 3.34. The number of thiocarbonyl (C=S) groups is 1. The van der Waals surface area contributed by atoms with E-state index < -0.39 is 0 Å². The summed E-state index contributed by atoms with van der Waals surface area (Å²) in [6, 6.07) is 5.91. The average molecular weight is 287 g/mol. The van der Waals surface area contributed by atoms with E-state index in [-0.39, 0.29) is 0 Å². The first-order chi connectivity index (χ1) is 7.00. The van der Waals surface area contributed by atoms with Crippen LogP contribution in [0.25, 0.3) is 0 Å². The molecule has 4 heteroatoms. The van der Waals surface area contributed by atoms with E-state index in [1.54, 1.807) is 0 Å². The van der Waals surface area contributed by atoms with Crippen LogP contribution in [0.4, 0.5) is 5.69 Å². The molecule has 0 aliphatic rings. The summed E-state index contributed by atoms with van der Waals surface area (Å²) >= 11 is 8.37. The molecule has 0 heterocycles. The van der Waals surface area contributed by atoms with Crippen molar-refractivity contribution in [3.05, 3.63) is 28.2 Å². The number of hydrogen-bond acceptors (Lipinski definition) is 2. The second-order valence-electron chi connectivity index (χ2n) is 3.83. The van der Waals surface area contributed by atoms with E-state index in [0.29, 0.717) is 10.9 Å². The summed E-state index contributed by atoms with van der Waals surface area (Å²) in [4.78, 5) is 0.414. The fourth-order valence-corrected chi connectivity index (χ4v) is 2.05. The minimum absolute atomic E-state index is 0.414. The third-order valence-electron chi connectivity index (χ3n) is 1.95. The van der Waals surface area contributed by atoms with Gasteiger partial charge in [-0.15, -0.1) is 0 Å². The van der Waals surface area contributed by atoms with Crippen LogP contribution in [0, 0.1) is 5.92 Å². The van der Waals surface area contributed by atoms with Crippen molar-refractivity contribution < 1.29 is 0 Å². The molecule has 0 saturated carbocycles. The molecule has 0 aliphatic heterocycles. The number of hydrogen-bond donors (Lipinski definition) is 2. The molecular formula is C11H15BrN2S. The molecule has 82 valence electrons. The molecule has 3 N–H and O–H groups in total. The van der Waals surface area contributed by atoms with Crippen LogP contribution in [0.3, 0.4) is 0 Å². The first-order valence-electron chi connectivity index (χ1n) is 4.84. The number of halogens is 1. The van der Waals surface area contributed by atoms with Crippen LogP contribution in [-0.2, 0) is 0 Å². The summed E-state index contributed by atoms with van der Waals surface area (Å²) in [6.45, 7) is 5.30. The van der Waals surface area contributed by atoms with Gasteiger partial charge in [-0.05, 0) is 40.0 Å². The molecule has 0 unspecified atom stereocenters. The fraction of sp³-hybridized carbons (Fsp3) is 0.364. The highest BCUT2D eigenvalue weighted by Crippen LogP contribution is 2.21. The lowest BCUT2D eigenvalue weighted by molar-refractivity contribution is 0.689. The molecule has 0 bridgehead atoms. The first-order valence-corrected chi connectivity index (χ1v) is 6.04. The van der Waals surface area contributed by atoms with Gasteiger partial charge in [0, 0.05) is 22.3 Å². The summed E-state index contributed by atoms with van der Waals surface area (Å²) in [5.41, 5.74) is 7.52. The van der Waals surface area contributed by atoms with Gasteiger partial charge in [-0.3, -0.25) is 0 Å². The Labute approximate surface area is 104 Å². The zero-order chi connectivity index (χ0) is 11.4. The molecule has 0 aromatic heterocycles. The number of anilines is 1. The highest BCUT2D eigenvalue weighted by atomic mass is 79.9. The highest BCUT2D eigenvalue weighted by Gasteiger charge is 2.03. The van der Waals surface area contributed by atoms with Crippen LogP contribution in [-0.4, -0.2) is 11.5 Å². The van der Waals surface area contributed by atoms with Gasteiger partial charge in [0.25, 0.3) is 0 Å². The zero-order valence-corrected chi connectivity index (χ0v) is 11.3. The minimum Gasteiger partial charge on any atom is -0.389 e. The van der Waals surface area contributed by atoms with Crippen molar-refractivity contribution in [2.24, 2.45) is 11.7 Å². The standard InChI is InChI=1S/C11H15BrN2S/c1-7(2)6-14-8-3-4-9(11(13)15)10(12)5-8/h3-5,7,14H,6H2,1-2H3,(H2,13,15). The SMILES string of the molecule is CC(C)CNc1ccc(C(N)=S)c(Br)c1. The van der Waals surface area contributed by atoms with Gasteiger partial charge in [-0.1, -0.05) is 26.1 Å². The molecule has 1 rings (SSSR count). The molecule has 0 atom stereocenters. The first kappa shape index (κ1) is 12.5. The quantitative estimate of drug-likeness (QED) is 0.835. The predicted octanol–water partition coefficient (Wildman–Crippen LogP) is 3.15. The van der Waals surface area contributed by atoms with E-state index in [1.807, 2.05) is 18.2 Å². The Morgan fingerprint density at radius 2 is 2.20 bits per heavy atom. The third kappa shape index (κ3) is 3.80. The summed E-state index contributed by atoms with van der Waals surface area (Å²) in [5.74, 6) is 0.624. The van der Waals surface area contributed by atoms with Crippen LogP contribution >= 0.6 is 28.1 Å². The van der Waals surface area contributed by atoms with Crippen molar-refractivity contribution in [1.82, 2.24) is 0 Å². The Balaban J connectivity index is 2.78. The monoisotopic (exact) mass is 286 g/mol. The van der Waals surface area contributed by atoms with Crippen LogP contribution in [0.1, 0.15) is 19.4 Å². The van der Waals surface area contributed by atoms with Crippen molar-refractivity contribution in [3.8, 4) is 0 Å². The Bertz CT molecular complexity index is 364. The molecule has 1 aromatic rings. The van der Waals surface area contributed by atoms with E-state index in [0.717, 1.165) is 22.3 Å². The van der Waals surface area contributed by atoms with Crippen molar-refractivity contribution in [3.63, 3.8) is 0 Å². The molecule has 0 amide bonds. The van der Waals surface area contributed by atoms with E-state index in [9.17, 15) is 0 Å². The van der Waals surface area contributed by atoms with E-state index in [2.05, 4.69) is 35.1 Å². The molecular weight excluding hydrogens is 272 g/mol. The number of benzene rings is 1. The molecule has 0 fully saturated rings. The van der Waals surface area contributed by atoms with E-state index in [4.69, 9.17) is 18.0 Å². The normalized spacial score (nSPS) is 10.4. The maximum absolute atomic E-state index is 5.57. The predicted molar refractivity (Wildman–Crippen MR) is 73.4 cm³/mol. The van der Waals surface area contributed by atoms with Crippen molar-refractivity contribution >= 4 is 38.8 Å². The lowest BCUT2D eigenvalue weighted by Crippen LogP contribution is -2.11. The van der Waals surface area contributed by atoms with Gasteiger partial charge >= 0.3 is 0 Å². The van der Waals surface area contributed by atoms with Crippen molar-refractivity contribution in [2.45, 2.75) is 13.8 Å². The Morgan fingerprint density at radius 1 is 1.53 bits per heavy atom. The highest BCUT2D eigenvalue weighted by molar-refractivity contribution is 9.10. The van der Waals surface area contributed by atoms with Crippen LogP contribution in [0.5, 0.6) is 0 Å². The third-order valence-corrected chi connectivity index (χ3v) is 2.82. The zero-order valence-electron chi connectivity index (χ0n) is 8.88. The van der Waals surface area contributed by atoms with Crippen LogP contribution < -0.4 is 11.1 Å². The second kappa shape index (κ2) is 5.47. The lowest BCUT2D eigenvalue weighted by atomic mass is 10.2. The molecule has 2 nitrogen and oxygen atoms in total. The molecule has 0 aliphatic carbocycles. The minimum atomic E-state index is 0.414. The fourth-order valence-electron chi connectivity index (χ4n) is 1.15. The topological polar surface area (TPSA) is 38.0 Å². The average Bonchev–Trinajstić information content (AvgIpc) is 2.14. The molecule has 0 spiro atoms. The maximum Gasteiger partial charge on any atom is 0.105 e. The summed E-state index contributed by atoms with van der Waals surface area (Å²) < 4.78 is 0.934. The van der Waals surface area contributed by atoms with E-state index >= 15 is 0 Å². The van der Waals surface area contributed by atoms with Crippen LogP contribution in [0.2, 0.25) is 0 Å². The van der Waals surface area contributed by atoms with Crippen molar-refractivity contribution in [2.75, 3.05) is 11.9 Å². The lowest BCUT2D eigenvalue weighted by Gasteiger charge is -2.10. The van der Waals surface area contributed by atoms with Crippen molar-refractivity contribution in [1.29, 1.82) is 0 Å². The van der Waals surface area contributed by atoms with Crippen LogP contribution in [0.15, 0.2) is 22.7 Å². The second-order valence-corrected chi connectivity index (χ2v) is 5.13. The van der Waals surface area contributed by atoms with Gasteiger partial charge in [0.1, 0.15) is 4.99 Å². The molecule has 1 aromatic carbocycles. The largest absolute Gasteiger partial charge is 0.389 e. The Kier molecular flexibility index (Phi) is 4.54. The number of rotatable bonds is 4. The maximum atomic E-state index is 5.57. The Hall–Kier alpha value is -0.610. The number of nitrogens with one attached hydrogen (secondary N) is 1. The molecule has 0 saturated heterocycles. The summed E-state index contributed by atoms with van der Waals surface area (Å²) in [6.07, 6.45) is 0. The van der Waals surface area contributed by atoms with Gasteiger partial charge in [0.15, 0.2) is 0 Å². The molecule has 15 heavy (non-hydrogen) atoms. The summed E-state index contributed by atoms with van der Waals surface area (Å²) in [7, 11) is 0.